The minimum absolute atomic E-state index is 0.0333. The molecule has 5 heteroatoms. The summed E-state index contributed by atoms with van der Waals surface area (Å²) in [4.78, 5) is 3.93. The van der Waals surface area contributed by atoms with Crippen molar-refractivity contribution in [2.24, 2.45) is 0 Å². The van der Waals surface area contributed by atoms with Crippen LogP contribution in [0, 0.1) is 5.82 Å². The molecule has 2 aromatic rings. The van der Waals surface area contributed by atoms with E-state index in [-0.39, 0.29) is 5.02 Å². The van der Waals surface area contributed by atoms with E-state index in [0.29, 0.717) is 22.4 Å². The van der Waals surface area contributed by atoms with Crippen molar-refractivity contribution < 1.29 is 13.9 Å². The lowest BCUT2D eigenvalue weighted by Crippen LogP contribution is -1.92. The summed E-state index contributed by atoms with van der Waals surface area (Å²) in [7, 11) is 3.03. The fourth-order valence-corrected chi connectivity index (χ4v) is 1.66. The second-order valence-electron chi connectivity index (χ2n) is 3.14. The zero-order valence-corrected chi connectivity index (χ0v) is 9.51. The van der Waals surface area contributed by atoms with E-state index in [2.05, 4.69) is 4.98 Å². The minimum Gasteiger partial charge on any atom is -0.493 e. The molecule has 1 heterocycles. The fraction of sp³-hybridized carbons (Fsp3) is 0.182. The van der Waals surface area contributed by atoms with Crippen molar-refractivity contribution in [2.75, 3.05) is 14.2 Å². The summed E-state index contributed by atoms with van der Waals surface area (Å²) in [6.45, 7) is 0. The number of hydrogen-bond acceptors (Lipinski definition) is 3. The Morgan fingerprint density at radius 3 is 2.44 bits per heavy atom. The van der Waals surface area contributed by atoms with E-state index in [1.54, 1.807) is 12.1 Å². The lowest BCUT2D eigenvalue weighted by Gasteiger charge is -2.09. The summed E-state index contributed by atoms with van der Waals surface area (Å²) >= 11 is 5.84. The van der Waals surface area contributed by atoms with Gasteiger partial charge in [-0.25, -0.2) is 4.39 Å². The zero-order chi connectivity index (χ0) is 11.7. The second kappa shape index (κ2) is 4.14. The number of nitrogens with zero attached hydrogens (tertiary/aromatic N) is 1. The molecule has 0 spiro atoms. The summed E-state index contributed by atoms with van der Waals surface area (Å²) in [6, 6.07) is 3.26. The van der Waals surface area contributed by atoms with Crippen LogP contribution in [0.1, 0.15) is 0 Å². The van der Waals surface area contributed by atoms with Gasteiger partial charge in [-0.3, -0.25) is 4.98 Å². The van der Waals surface area contributed by atoms with Gasteiger partial charge in [-0.2, -0.15) is 0 Å². The van der Waals surface area contributed by atoms with Crippen molar-refractivity contribution in [3.8, 4) is 11.5 Å². The van der Waals surface area contributed by atoms with Crippen LogP contribution in [0.5, 0.6) is 11.5 Å². The van der Waals surface area contributed by atoms with Gasteiger partial charge < -0.3 is 9.47 Å². The van der Waals surface area contributed by atoms with Crippen LogP contribution in [-0.2, 0) is 0 Å². The first-order valence-corrected chi connectivity index (χ1v) is 4.91. The van der Waals surface area contributed by atoms with Crippen LogP contribution in [0.3, 0.4) is 0 Å². The van der Waals surface area contributed by atoms with Crippen LogP contribution >= 0.6 is 11.6 Å². The number of hydrogen-bond donors (Lipinski definition) is 0. The molecule has 3 nitrogen and oxygen atoms in total. The van der Waals surface area contributed by atoms with Crippen molar-refractivity contribution in [3.05, 3.63) is 29.2 Å². The topological polar surface area (TPSA) is 31.4 Å². The quantitative estimate of drug-likeness (QED) is 0.810. The Morgan fingerprint density at radius 1 is 1.19 bits per heavy atom. The van der Waals surface area contributed by atoms with Crippen LogP contribution in [-0.4, -0.2) is 19.2 Å². The first-order chi connectivity index (χ1) is 7.67. The molecule has 2 rings (SSSR count). The molecule has 16 heavy (non-hydrogen) atoms. The number of ether oxygens (including phenoxy) is 2. The Morgan fingerprint density at radius 2 is 1.81 bits per heavy atom. The van der Waals surface area contributed by atoms with Crippen molar-refractivity contribution in [1.82, 2.24) is 4.98 Å². The molecule has 0 bridgehead atoms. The Hall–Kier alpha value is -1.55. The molecular weight excluding hydrogens is 233 g/mol. The summed E-state index contributed by atoms with van der Waals surface area (Å²) in [5.41, 5.74) is 0.559. The predicted molar refractivity (Wildman–Crippen MR) is 59.8 cm³/mol. The number of halogens is 2. The maximum Gasteiger partial charge on any atom is 0.162 e. The Bertz CT molecular complexity index is 545. The average Bonchev–Trinajstić information content (AvgIpc) is 2.32. The molecule has 0 aliphatic carbocycles. The predicted octanol–water partition coefficient (Wildman–Crippen LogP) is 3.04. The third-order valence-electron chi connectivity index (χ3n) is 2.27. The molecule has 0 amide bonds. The molecule has 0 N–H and O–H groups in total. The molecular formula is C11H9ClFNO2. The fourth-order valence-electron chi connectivity index (χ4n) is 1.46. The highest BCUT2D eigenvalue weighted by molar-refractivity contribution is 6.35. The van der Waals surface area contributed by atoms with Gasteiger partial charge in [0.2, 0.25) is 0 Å². The highest BCUT2D eigenvalue weighted by Gasteiger charge is 2.11. The van der Waals surface area contributed by atoms with E-state index in [1.165, 1.54) is 14.2 Å². The van der Waals surface area contributed by atoms with Gasteiger partial charge in [0.1, 0.15) is 0 Å². The van der Waals surface area contributed by atoms with Gasteiger partial charge in [0, 0.05) is 11.5 Å². The van der Waals surface area contributed by atoms with Crippen molar-refractivity contribution in [3.63, 3.8) is 0 Å². The first-order valence-electron chi connectivity index (χ1n) is 4.53. The van der Waals surface area contributed by atoms with E-state index in [9.17, 15) is 4.39 Å². The summed E-state index contributed by atoms with van der Waals surface area (Å²) in [5, 5.41) is 0.533. The first kappa shape index (κ1) is 11.0. The van der Waals surface area contributed by atoms with Crippen LogP contribution < -0.4 is 9.47 Å². The normalized spacial score (nSPS) is 10.5. The van der Waals surface area contributed by atoms with E-state index in [4.69, 9.17) is 21.1 Å². The molecule has 84 valence electrons. The summed E-state index contributed by atoms with van der Waals surface area (Å²) in [6.07, 6.45) is 1.08. The van der Waals surface area contributed by atoms with Crippen LogP contribution in [0.15, 0.2) is 18.3 Å². The monoisotopic (exact) mass is 241 g/mol. The zero-order valence-electron chi connectivity index (χ0n) is 8.75. The van der Waals surface area contributed by atoms with Crippen molar-refractivity contribution >= 4 is 22.5 Å². The number of benzene rings is 1. The van der Waals surface area contributed by atoms with Crippen LogP contribution in [0.25, 0.3) is 10.9 Å². The van der Waals surface area contributed by atoms with Crippen molar-refractivity contribution in [2.45, 2.75) is 0 Å². The van der Waals surface area contributed by atoms with Crippen LogP contribution in [0.2, 0.25) is 5.02 Å². The van der Waals surface area contributed by atoms with E-state index in [0.717, 1.165) is 6.20 Å². The maximum atomic E-state index is 13.2. The number of methoxy groups -OCH3 is 2. The third kappa shape index (κ3) is 1.65. The molecule has 0 unspecified atom stereocenters. The maximum absolute atomic E-state index is 13.2. The van der Waals surface area contributed by atoms with E-state index in [1.807, 2.05) is 0 Å². The smallest absolute Gasteiger partial charge is 0.162 e. The van der Waals surface area contributed by atoms with Gasteiger partial charge in [0.05, 0.1) is 31.0 Å². The molecule has 1 aromatic carbocycles. The molecule has 0 atom stereocenters. The Balaban J connectivity index is 2.78. The number of rotatable bonds is 2. The molecule has 0 aliphatic heterocycles. The minimum atomic E-state index is -0.554. The van der Waals surface area contributed by atoms with Crippen LogP contribution in [0.4, 0.5) is 4.39 Å². The highest BCUT2D eigenvalue weighted by atomic mass is 35.5. The lowest BCUT2D eigenvalue weighted by molar-refractivity contribution is 0.356. The molecule has 0 saturated heterocycles. The molecule has 1 aromatic heterocycles. The largest absolute Gasteiger partial charge is 0.493 e. The lowest BCUT2D eigenvalue weighted by atomic mass is 10.2. The van der Waals surface area contributed by atoms with E-state index >= 15 is 0 Å². The Labute approximate surface area is 96.8 Å². The van der Waals surface area contributed by atoms with Crippen molar-refractivity contribution in [1.29, 1.82) is 0 Å². The molecule has 0 fully saturated rings. The van der Waals surface area contributed by atoms with Gasteiger partial charge in [-0.05, 0) is 6.07 Å². The number of pyridine rings is 1. The number of aromatic nitrogens is 1. The van der Waals surface area contributed by atoms with Gasteiger partial charge in [-0.1, -0.05) is 11.6 Å². The standard InChI is InChI=1S/C11H9ClFNO2/c1-15-9-3-6-8(4-10(9)16-2)14-5-7(13)11(6)12/h3-5H,1-2H3. The third-order valence-corrected chi connectivity index (χ3v) is 2.65. The SMILES string of the molecule is COc1cc2ncc(F)c(Cl)c2cc1OC. The van der Waals surface area contributed by atoms with Gasteiger partial charge in [0.25, 0.3) is 0 Å². The van der Waals surface area contributed by atoms with Gasteiger partial charge >= 0.3 is 0 Å². The molecule has 0 saturated carbocycles. The number of fused-ring (bicyclic) bond motifs is 1. The van der Waals surface area contributed by atoms with Gasteiger partial charge in [-0.15, -0.1) is 0 Å². The van der Waals surface area contributed by atoms with Gasteiger partial charge in [0.15, 0.2) is 17.3 Å². The van der Waals surface area contributed by atoms with E-state index < -0.39 is 5.82 Å². The summed E-state index contributed by atoms with van der Waals surface area (Å²) in [5.74, 6) is 0.468. The Kier molecular flexibility index (Phi) is 2.83. The average molecular weight is 242 g/mol. The molecule has 0 radical (unpaired) electrons. The molecule has 0 aliphatic rings. The summed E-state index contributed by atoms with van der Waals surface area (Å²) < 4.78 is 23.4. The second-order valence-corrected chi connectivity index (χ2v) is 3.52. The highest BCUT2D eigenvalue weighted by Crippen LogP contribution is 2.34.